The lowest BCUT2D eigenvalue weighted by atomic mass is 9.80. The van der Waals surface area contributed by atoms with Gasteiger partial charge < -0.3 is 21.3 Å². The van der Waals surface area contributed by atoms with Crippen molar-refractivity contribution in [1.29, 1.82) is 0 Å². The van der Waals surface area contributed by atoms with Crippen molar-refractivity contribution in [3.8, 4) is 0 Å². The van der Waals surface area contributed by atoms with Crippen molar-refractivity contribution in [3.05, 3.63) is 0 Å². The van der Waals surface area contributed by atoms with Crippen molar-refractivity contribution < 1.29 is 15.0 Å². The van der Waals surface area contributed by atoms with Crippen LogP contribution in [0.15, 0.2) is 4.99 Å². The van der Waals surface area contributed by atoms with E-state index in [1.165, 1.54) is 0 Å². The Kier molecular flexibility index (Phi) is 3.99. The fraction of sp³-hybridized carbons (Fsp3) is 0.846. The van der Waals surface area contributed by atoms with Crippen LogP contribution in [0.1, 0.15) is 33.1 Å². The summed E-state index contributed by atoms with van der Waals surface area (Å²) in [7, 11) is 0. The number of carboxylic acid groups (broad SMARTS) is 1. The third-order valence-corrected chi connectivity index (χ3v) is 4.64. The lowest BCUT2D eigenvalue weighted by Crippen LogP contribution is -2.54. The molecule has 0 unspecified atom stereocenters. The van der Waals surface area contributed by atoms with Gasteiger partial charge in [-0.1, -0.05) is 26.7 Å². The summed E-state index contributed by atoms with van der Waals surface area (Å²) in [6.07, 6.45) is 1.46. The smallest absolute Gasteiger partial charge is 0.309 e. The molecule has 0 amide bonds. The summed E-state index contributed by atoms with van der Waals surface area (Å²) in [5, 5.41) is 22.5. The van der Waals surface area contributed by atoms with E-state index in [0.717, 1.165) is 12.8 Å². The number of hydrogen-bond acceptors (Lipinski definition) is 5. The average molecular weight is 269 g/mol. The molecule has 2 aliphatic rings. The topological polar surface area (TPSA) is 108 Å². The Bertz CT molecular complexity index is 381. The largest absolute Gasteiger partial charge is 0.481 e. The number of nitrogens with one attached hydrogen (secondary N) is 1. The molecule has 1 saturated carbocycles. The van der Waals surface area contributed by atoms with Gasteiger partial charge in [0.15, 0.2) is 5.96 Å². The highest BCUT2D eigenvalue weighted by Gasteiger charge is 2.52. The van der Waals surface area contributed by atoms with Crippen LogP contribution in [0.4, 0.5) is 0 Å². The maximum atomic E-state index is 11.2. The van der Waals surface area contributed by atoms with Gasteiger partial charge >= 0.3 is 5.97 Å². The Labute approximate surface area is 113 Å². The first-order valence-corrected chi connectivity index (χ1v) is 7.00. The van der Waals surface area contributed by atoms with E-state index in [1.54, 1.807) is 0 Å². The van der Waals surface area contributed by atoms with Gasteiger partial charge in [-0.15, -0.1) is 0 Å². The van der Waals surface area contributed by atoms with Crippen LogP contribution in [0.3, 0.4) is 0 Å². The summed E-state index contributed by atoms with van der Waals surface area (Å²) in [6, 6.07) is -0.167. The number of aliphatic carboxylic acids is 1. The number of fused-ring (bicyclic) bond motifs is 1. The lowest BCUT2D eigenvalue weighted by molar-refractivity contribution is -0.145. The Hall–Kier alpha value is -1.30. The van der Waals surface area contributed by atoms with Crippen molar-refractivity contribution >= 4 is 11.9 Å². The molecule has 1 fully saturated rings. The quantitative estimate of drug-likeness (QED) is 0.581. The van der Waals surface area contributed by atoms with E-state index < -0.39 is 18.0 Å². The summed E-state index contributed by atoms with van der Waals surface area (Å²) in [5.74, 6) is -1.11. The summed E-state index contributed by atoms with van der Waals surface area (Å²) < 4.78 is 0. The number of aliphatic imine (C=N–C) groups is 1. The minimum Gasteiger partial charge on any atom is -0.481 e. The van der Waals surface area contributed by atoms with Crippen LogP contribution in [-0.4, -0.2) is 40.3 Å². The molecule has 0 bridgehead atoms. The number of aliphatic hydroxyl groups excluding tert-OH is 1. The Morgan fingerprint density at radius 1 is 1.53 bits per heavy atom. The normalized spacial score (nSPS) is 37.7. The van der Waals surface area contributed by atoms with E-state index in [9.17, 15) is 15.0 Å². The van der Waals surface area contributed by atoms with Crippen LogP contribution in [-0.2, 0) is 4.79 Å². The molecule has 0 aromatic carbocycles. The maximum absolute atomic E-state index is 11.2. The number of aliphatic hydroxyl groups is 1. The molecule has 108 valence electrons. The molecular weight excluding hydrogens is 246 g/mol. The molecule has 1 heterocycles. The van der Waals surface area contributed by atoms with Gasteiger partial charge in [-0.3, -0.25) is 4.79 Å². The molecule has 19 heavy (non-hydrogen) atoms. The van der Waals surface area contributed by atoms with Gasteiger partial charge in [0.2, 0.25) is 0 Å². The zero-order chi connectivity index (χ0) is 14.2. The molecule has 0 aromatic rings. The molecule has 5 atom stereocenters. The number of carbonyl (C=O) groups is 1. The van der Waals surface area contributed by atoms with E-state index >= 15 is 0 Å². The standard InChI is InChI=1S/C13H23N3O3/c1-3-6(4-2)10-9-8(15-13(14)16-10)5-7(11(9)17)12(18)19/h6-11,17H,3-5H2,1-2H3,(H,18,19)(H3,14,15,16)/t7-,8+,9+,10-,11+/m0/s1. The zero-order valence-corrected chi connectivity index (χ0v) is 11.4. The van der Waals surface area contributed by atoms with Crippen LogP contribution < -0.4 is 11.1 Å². The number of guanidine groups is 1. The van der Waals surface area contributed by atoms with Crippen molar-refractivity contribution in [2.24, 2.45) is 28.5 Å². The second-order valence-corrected chi connectivity index (χ2v) is 5.58. The van der Waals surface area contributed by atoms with Gasteiger partial charge in [0.25, 0.3) is 0 Å². The molecular formula is C13H23N3O3. The van der Waals surface area contributed by atoms with Gasteiger partial charge in [-0.05, 0) is 12.3 Å². The molecule has 6 heteroatoms. The van der Waals surface area contributed by atoms with Crippen molar-refractivity contribution in [3.63, 3.8) is 0 Å². The minimum atomic E-state index is -0.939. The average Bonchev–Trinajstić information content (AvgIpc) is 2.68. The molecule has 5 N–H and O–H groups in total. The highest BCUT2D eigenvalue weighted by molar-refractivity contribution is 5.80. The molecule has 6 nitrogen and oxygen atoms in total. The first-order valence-electron chi connectivity index (χ1n) is 7.00. The molecule has 0 saturated heterocycles. The predicted molar refractivity (Wildman–Crippen MR) is 71.6 cm³/mol. The fourth-order valence-electron chi connectivity index (χ4n) is 3.58. The molecule has 1 aliphatic carbocycles. The zero-order valence-electron chi connectivity index (χ0n) is 11.4. The first kappa shape index (κ1) is 14.1. The third kappa shape index (κ3) is 2.41. The van der Waals surface area contributed by atoms with E-state index in [2.05, 4.69) is 24.2 Å². The van der Waals surface area contributed by atoms with Crippen molar-refractivity contribution in [2.75, 3.05) is 0 Å². The second kappa shape index (κ2) is 5.36. The fourth-order valence-corrected chi connectivity index (χ4v) is 3.58. The Morgan fingerprint density at radius 3 is 2.68 bits per heavy atom. The van der Waals surface area contributed by atoms with Gasteiger partial charge in [0.1, 0.15) is 0 Å². The first-order chi connectivity index (χ1) is 8.99. The van der Waals surface area contributed by atoms with Crippen LogP contribution in [0.25, 0.3) is 0 Å². The van der Waals surface area contributed by atoms with Crippen molar-refractivity contribution in [2.45, 2.75) is 51.3 Å². The highest BCUT2D eigenvalue weighted by atomic mass is 16.4. The van der Waals surface area contributed by atoms with Gasteiger partial charge in [-0.25, -0.2) is 4.99 Å². The SMILES string of the molecule is CCC(CC)[C@@H]1N=C(N)N[C@@H]2C[C@H](C(=O)O)[C@@H](O)[C@H]21. The van der Waals surface area contributed by atoms with Gasteiger partial charge in [-0.2, -0.15) is 0 Å². The number of carboxylic acids is 1. The summed E-state index contributed by atoms with van der Waals surface area (Å²) in [4.78, 5) is 15.6. The molecule has 1 aliphatic heterocycles. The van der Waals surface area contributed by atoms with Crippen LogP contribution in [0.5, 0.6) is 0 Å². The number of nitrogens with zero attached hydrogens (tertiary/aromatic N) is 1. The van der Waals surface area contributed by atoms with Crippen LogP contribution in [0, 0.1) is 17.8 Å². The van der Waals surface area contributed by atoms with E-state index in [1.807, 2.05) is 0 Å². The molecule has 0 aromatic heterocycles. The predicted octanol–water partition coefficient (Wildman–Crippen LogP) is 0.159. The minimum absolute atomic E-state index is 0.0828. The van der Waals surface area contributed by atoms with Gasteiger partial charge in [0.05, 0.1) is 18.1 Å². The van der Waals surface area contributed by atoms with E-state index in [0.29, 0.717) is 18.3 Å². The molecule has 2 rings (SSSR count). The maximum Gasteiger partial charge on any atom is 0.309 e. The van der Waals surface area contributed by atoms with Crippen molar-refractivity contribution in [1.82, 2.24) is 5.32 Å². The summed E-state index contributed by atoms with van der Waals surface area (Å²) >= 11 is 0. The van der Waals surface area contributed by atoms with E-state index in [-0.39, 0.29) is 18.0 Å². The number of rotatable bonds is 4. The summed E-state index contributed by atoms with van der Waals surface area (Å²) in [5.41, 5.74) is 5.81. The second-order valence-electron chi connectivity index (χ2n) is 5.58. The lowest BCUT2D eigenvalue weighted by Gasteiger charge is -2.37. The van der Waals surface area contributed by atoms with Crippen LogP contribution >= 0.6 is 0 Å². The molecule has 0 radical (unpaired) electrons. The number of hydrogen-bond donors (Lipinski definition) is 4. The summed E-state index contributed by atoms with van der Waals surface area (Å²) in [6.45, 7) is 4.18. The number of nitrogens with two attached hydrogens (primary N) is 1. The van der Waals surface area contributed by atoms with Gasteiger partial charge in [0, 0.05) is 12.0 Å². The highest BCUT2D eigenvalue weighted by Crippen LogP contribution is 2.40. The Morgan fingerprint density at radius 2 is 2.16 bits per heavy atom. The van der Waals surface area contributed by atoms with Crippen LogP contribution in [0.2, 0.25) is 0 Å². The van der Waals surface area contributed by atoms with E-state index in [4.69, 9.17) is 5.73 Å². The molecule has 0 spiro atoms. The monoisotopic (exact) mass is 269 g/mol. The Balaban J connectivity index is 2.27. The third-order valence-electron chi connectivity index (χ3n) is 4.64.